The molecule has 2 N–H and O–H groups in total. The van der Waals surface area contributed by atoms with Gasteiger partial charge in [-0.1, -0.05) is 12.1 Å². The minimum absolute atomic E-state index is 0.00286. The largest absolute Gasteiger partial charge is 0.491 e. The van der Waals surface area contributed by atoms with Gasteiger partial charge in [-0.2, -0.15) is 0 Å². The van der Waals surface area contributed by atoms with Gasteiger partial charge in [-0.15, -0.1) is 0 Å². The van der Waals surface area contributed by atoms with Crippen molar-refractivity contribution in [2.75, 3.05) is 26.8 Å². The van der Waals surface area contributed by atoms with E-state index in [4.69, 9.17) is 9.47 Å². The normalized spacial score (nSPS) is 18.4. The average molecular weight is 279 g/mol. The average Bonchev–Trinajstić information content (AvgIpc) is 2.40. The Morgan fingerprint density at radius 3 is 2.80 bits per heavy atom. The van der Waals surface area contributed by atoms with Crippen molar-refractivity contribution in [3.63, 3.8) is 0 Å². The van der Waals surface area contributed by atoms with Crippen molar-refractivity contribution in [1.82, 2.24) is 5.32 Å². The van der Waals surface area contributed by atoms with Gasteiger partial charge in [0.25, 0.3) is 0 Å². The van der Waals surface area contributed by atoms with Gasteiger partial charge in [-0.3, -0.25) is 0 Å². The molecule has 2 rings (SSSR count). The first-order chi connectivity index (χ1) is 9.63. The van der Waals surface area contributed by atoms with Crippen molar-refractivity contribution in [3.8, 4) is 5.75 Å². The molecule has 4 heteroatoms. The summed E-state index contributed by atoms with van der Waals surface area (Å²) >= 11 is 0. The van der Waals surface area contributed by atoms with Crippen LogP contribution in [0.3, 0.4) is 0 Å². The summed E-state index contributed by atoms with van der Waals surface area (Å²) in [6.45, 7) is 3.64. The minimum atomic E-state index is -0.510. The monoisotopic (exact) mass is 279 g/mol. The van der Waals surface area contributed by atoms with E-state index < -0.39 is 6.10 Å². The molecule has 1 saturated carbocycles. The molecule has 0 spiro atoms. The maximum absolute atomic E-state index is 9.91. The molecule has 112 valence electrons. The Morgan fingerprint density at radius 1 is 1.40 bits per heavy atom. The van der Waals surface area contributed by atoms with Crippen LogP contribution in [0, 0.1) is 6.92 Å². The molecule has 1 aliphatic rings. The minimum Gasteiger partial charge on any atom is -0.491 e. The number of nitrogens with one attached hydrogen (secondary N) is 1. The van der Waals surface area contributed by atoms with Gasteiger partial charge in [-0.25, -0.2) is 0 Å². The molecule has 0 heterocycles. The van der Waals surface area contributed by atoms with Crippen LogP contribution in [0.25, 0.3) is 0 Å². The summed E-state index contributed by atoms with van der Waals surface area (Å²) < 4.78 is 11.1. The second-order valence-electron chi connectivity index (χ2n) is 5.65. The summed E-state index contributed by atoms with van der Waals surface area (Å²) in [5.41, 5.74) is 1.15. The number of benzene rings is 1. The lowest BCUT2D eigenvalue weighted by atomic mass is 9.80. The standard InChI is InChI=1S/C16H25NO3/c1-13-5-3-6-15(9-13)20-11-14(18)10-17-12-16(19-2)7-4-8-16/h3,5-6,9,14,17-18H,4,7-8,10-12H2,1-2H3. The molecule has 1 aromatic rings. The second kappa shape index (κ2) is 7.07. The molecule has 0 bridgehead atoms. The third-order valence-corrected chi connectivity index (χ3v) is 3.96. The van der Waals surface area contributed by atoms with Gasteiger partial charge in [0, 0.05) is 20.2 Å². The molecule has 0 saturated heterocycles. The maximum Gasteiger partial charge on any atom is 0.119 e. The molecule has 4 nitrogen and oxygen atoms in total. The van der Waals surface area contributed by atoms with Crippen molar-refractivity contribution in [2.45, 2.75) is 37.9 Å². The van der Waals surface area contributed by atoms with Gasteiger partial charge in [0.2, 0.25) is 0 Å². The SMILES string of the molecule is COC1(CNCC(O)COc2cccc(C)c2)CCC1. The van der Waals surface area contributed by atoms with Gasteiger partial charge in [0.05, 0.1) is 5.60 Å². The number of hydrogen-bond acceptors (Lipinski definition) is 4. The van der Waals surface area contributed by atoms with E-state index in [0.29, 0.717) is 13.2 Å². The summed E-state index contributed by atoms with van der Waals surface area (Å²) in [5, 5.41) is 13.2. The maximum atomic E-state index is 9.91. The quantitative estimate of drug-likeness (QED) is 0.763. The highest BCUT2D eigenvalue weighted by Gasteiger charge is 2.36. The number of aryl methyl sites for hydroxylation is 1. The Bertz CT molecular complexity index is 412. The van der Waals surface area contributed by atoms with Gasteiger partial charge < -0.3 is 19.9 Å². The van der Waals surface area contributed by atoms with E-state index in [1.807, 2.05) is 31.2 Å². The van der Waals surface area contributed by atoms with Crippen LogP contribution in [-0.2, 0) is 4.74 Å². The fraction of sp³-hybridized carbons (Fsp3) is 0.625. The van der Waals surface area contributed by atoms with Crippen molar-refractivity contribution < 1.29 is 14.6 Å². The van der Waals surface area contributed by atoms with E-state index in [1.165, 1.54) is 6.42 Å². The first-order valence-electron chi connectivity index (χ1n) is 7.27. The molecular formula is C16H25NO3. The summed E-state index contributed by atoms with van der Waals surface area (Å²) in [6, 6.07) is 7.84. The van der Waals surface area contributed by atoms with Crippen LogP contribution < -0.4 is 10.1 Å². The second-order valence-corrected chi connectivity index (χ2v) is 5.65. The first kappa shape index (κ1) is 15.3. The molecule has 1 aliphatic carbocycles. The van der Waals surface area contributed by atoms with E-state index in [1.54, 1.807) is 7.11 Å². The molecule has 0 amide bonds. The van der Waals surface area contributed by atoms with Crippen LogP contribution in [-0.4, -0.2) is 43.6 Å². The van der Waals surface area contributed by atoms with Crippen molar-refractivity contribution in [1.29, 1.82) is 0 Å². The lowest BCUT2D eigenvalue weighted by molar-refractivity contribution is -0.0706. The highest BCUT2D eigenvalue weighted by atomic mass is 16.5. The lowest BCUT2D eigenvalue weighted by Gasteiger charge is -2.40. The Hall–Kier alpha value is -1.10. The van der Waals surface area contributed by atoms with Crippen LogP contribution in [0.4, 0.5) is 0 Å². The van der Waals surface area contributed by atoms with Gasteiger partial charge >= 0.3 is 0 Å². The van der Waals surface area contributed by atoms with Crippen LogP contribution >= 0.6 is 0 Å². The van der Waals surface area contributed by atoms with E-state index >= 15 is 0 Å². The number of ether oxygens (including phenoxy) is 2. The van der Waals surface area contributed by atoms with E-state index in [9.17, 15) is 5.11 Å². The van der Waals surface area contributed by atoms with Gasteiger partial charge in [0.15, 0.2) is 0 Å². The third-order valence-electron chi connectivity index (χ3n) is 3.96. The molecule has 0 aromatic heterocycles. The fourth-order valence-electron chi connectivity index (χ4n) is 2.45. The van der Waals surface area contributed by atoms with Crippen LogP contribution in [0.1, 0.15) is 24.8 Å². The molecule has 0 radical (unpaired) electrons. The van der Waals surface area contributed by atoms with Gasteiger partial charge in [-0.05, 0) is 43.9 Å². The van der Waals surface area contributed by atoms with Crippen molar-refractivity contribution in [3.05, 3.63) is 29.8 Å². The first-order valence-corrected chi connectivity index (χ1v) is 7.27. The Balaban J connectivity index is 1.64. The molecule has 1 fully saturated rings. The lowest BCUT2D eigenvalue weighted by Crippen LogP contribution is -2.49. The molecule has 1 atom stereocenters. The third kappa shape index (κ3) is 4.20. The number of methoxy groups -OCH3 is 1. The predicted molar refractivity (Wildman–Crippen MR) is 79.1 cm³/mol. The highest BCUT2D eigenvalue weighted by Crippen LogP contribution is 2.34. The number of rotatable bonds is 8. The smallest absolute Gasteiger partial charge is 0.119 e. The molecule has 1 aromatic carbocycles. The molecule has 20 heavy (non-hydrogen) atoms. The Morgan fingerprint density at radius 2 is 2.20 bits per heavy atom. The Labute approximate surface area is 121 Å². The zero-order valence-electron chi connectivity index (χ0n) is 12.4. The molecule has 0 aliphatic heterocycles. The van der Waals surface area contributed by atoms with Crippen LogP contribution in [0.15, 0.2) is 24.3 Å². The summed E-state index contributed by atoms with van der Waals surface area (Å²) in [6.07, 6.45) is 2.93. The predicted octanol–water partition coefficient (Wildman–Crippen LogP) is 1.89. The number of aliphatic hydroxyl groups excluding tert-OH is 1. The van der Waals surface area contributed by atoms with E-state index in [-0.39, 0.29) is 5.60 Å². The van der Waals surface area contributed by atoms with E-state index in [2.05, 4.69) is 5.32 Å². The summed E-state index contributed by atoms with van der Waals surface area (Å²) in [4.78, 5) is 0. The van der Waals surface area contributed by atoms with Crippen LogP contribution in [0.5, 0.6) is 5.75 Å². The van der Waals surface area contributed by atoms with Gasteiger partial charge in [0.1, 0.15) is 18.5 Å². The van der Waals surface area contributed by atoms with Crippen molar-refractivity contribution >= 4 is 0 Å². The topological polar surface area (TPSA) is 50.7 Å². The zero-order chi connectivity index (χ0) is 14.4. The Kier molecular flexibility index (Phi) is 5.40. The summed E-state index contributed by atoms with van der Waals surface area (Å²) in [7, 11) is 1.76. The van der Waals surface area contributed by atoms with Crippen LogP contribution in [0.2, 0.25) is 0 Å². The van der Waals surface area contributed by atoms with E-state index in [0.717, 1.165) is 30.7 Å². The molecular weight excluding hydrogens is 254 g/mol. The zero-order valence-corrected chi connectivity index (χ0v) is 12.4. The number of aliphatic hydroxyl groups is 1. The highest BCUT2D eigenvalue weighted by molar-refractivity contribution is 5.27. The fourth-order valence-corrected chi connectivity index (χ4v) is 2.45. The van der Waals surface area contributed by atoms with Crippen molar-refractivity contribution in [2.24, 2.45) is 0 Å². The molecule has 1 unspecified atom stereocenters. The number of hydrogen-bond donors (Lipinski definition) is 2. The summed E-state index contributed by atoms with van der Waals surface area (Å²) in [5.74, 6) is 0.802.